The molecule has 6 heteroatoms. The zero-order valence-corrected chi connectivity index (χ0v) is 23.9. The third-order valence-electron chi connectivity index (χ3n) is 7.77. The number of allylic oxidation sites excluding steroid dienone is 3. The highest BCUT2D eigenvalue weighted by Gasteiger charge is 2.41. The van der Waals surface area contributed by atoms with Gasteiger partial charge in [-0.2, -0.15) is 0 Å². The molecule has 0 unspecified atom stereocenters. The molecule has 41 heavy (non-hydrogen) atoms. The molecular weight excluding hydrogens is 514 g/mol. The molecule has 0 saturated carbocycles. The van der Waals surface area contributed by atoms with Crippen LogP contribution in [0, 0.1) is 0 Å². The van der Waals surface area contributed by atoms with E-state index in [1.165, 1.54) is 0 Å². The van der Waals surface area contributed by atoms with Gasteiger partial charge in [0, 0.05) is 35.7 Å². The van der Waals surface area contributed by atoms with Gasteiger partial charge in [0.1, 0.15) is 0 Å². The van der Waals surface area contributed by atoms with Crippen molar-refractivity contribution in [3.05, 3.63) is 118 Å². The highest BCUT2D eigenvalue weighted by atomic mass is 16.5. The molecule has 2 aliphatic rings. The van der Waals surface area contributed by atoms with Gasteiger partial charge in [-0.3, -0.25) is 4.79 Å². The Hall–Kier alpha value is -4.32. The lowest BCUT2D eigenvalue weighted by Crippen LogP contribution is -2.36. The summed E-state index contributed by atoms with van der Waals surface area (Å²) >= 11 is 0. The second kappa shape index (κ2) is 12.9. The molecule has 0 fully saturated rings. The fourth-order valence-electron chi connectivity index (χ4n) is 5.78. The molecule has 0 aromatic heterocycles. The summed E-state index contributed by atoms with van der Waals surface area (Å²) in [7, 11) is 1.60. The monoisotopic (exact) mass is 551 g/mol. The van der Waals surface area contributed by atoms with E-state index in [0.717, 1.165) is 28.8 Å². The predicted octanol–water partition coefficient (Wildman–Crippen LogP) is 6.63. The number of ether oxygens (including phenoxy) is 3. The van der Waals surface area contributed by atoms with Crippen LogP contribution in [0.25, 0.3) is 0 Å². The van der Waals surface area contributed by atoms with Crippen molar-refractivity contribution < 1.29 is 23.8 Å². The van der Waals surface area contributed by atoms with E-state index in [4.69, 9.17) is 14.2 Å². The molecule has 3 aromatic carbocycles. The zero-order chi connectivity index (χ0) is 28.8. The van der Waals surface area contributed by atoms with Gasteiger partial charge in [0.2, 0.25) is 0 Å². The number of esters is 1. The van der Waals surface area contributed by atoms with Crippen LogP contribution in [0.4, 0.5) is 0 Å². The molecule has 1 heterocycles. The summed E-state index contributed by atoms with van der Waals surface area (Å²) in [6, 6.07) is 25.7. The van der Waals surface area contributed by atoms with E-state index in [0.29, 0.717) is 54.2 Å². The minimum absolute atomic E-state index is 0.0324. The number of dihydropyridines is 1. The predicted molar refractivity (Wildman–Crippen MR) is 159 cm³/mol. The average Bonchev–Trinajstić information content (AvgIpc) is 3.00. The lowest BCUT2D eigenvalue weighted by atomic mass is 9.71. The van der Waals surface area contributed by atoms with Crippen LogP contribution in [0.2, 0.25) is 0 Å². The topological polar surface area (TPSA) is 73.9 Å². The molecule has 5 rings (SSSR count). The number of hydrogen-bond acceptors (Lipinski definition) is 6. The lowest BCUT2D eigenvalue weighted by Gasteiger charge is -2.37. The fraction of sp³-hybridized carbons (Fsp3) is 0.314. The summed E-state index contributed by atoms with van der Waals surface area (Å²) < 4.78 is 17.4. The van der Waals surface area contributed by atoms with Crippen molar-refractivity contribution in [2.45, 2.75) is 51.4 Å². The molecule has 0 amide bonds. The van der Waals surface area contributed by atoms with Crippen LogP contribution in [-0.2, 0) is 20.7 Å². The molecule has 1 aliphatic carbocycles. The van der Waals surface area contributed by atoms with Crippen LogP contribution >= 0.6 is 0 Å². The van der Waals surface area contributed by atoms with Crippen molar-refractivity contribution in [2.75, 3.05) is 20.3 Å². The number of carbonyl (C=O) groups is 2. The van der Waals surface area contributed by atoms with Gasteiger partial charge < -0.3 is 19.5 Å². The Kier molecular flexibility index (Phi) is 8.88. The van der Waals surface area contributed by atoms with Crippen LogP contribution in [-0.4, -0.2) is 32.1 Å². The first-order valence-corrected chi connectivity index (χ1v) is 14.3. The first-order chi connectivity index (χ1) is 20.0. The molecule has 0 saturated heterocycles. The summed E-state index contributed by atoms with van der Waals surface area (Å²) in [4.78, 5) is 27.6. The summed E-state index contributed by atoms with van der Waals surface area (Å²) in [6.07, 6.45) is 2.54. The number of hydrogen-bond donors (Lipinski definition) is 1. The molecule has 3 aromatic rings. The Bertz CT molecular complexity index is 1460. The largest absolute Gasteiger partial charge is 0.493 e. The summed E-state index contributed by atoms with van der Waals surface area (Å²) in [5, 5.41) is 3.44. The summed E-state index contributed by atoms with van der Waals surface area (Å²) in [5.41, 5.74) is 5.66. The first kappa shape index (κ1) is 28.2. The molecule has 0 spiro atoms. The van der Waals surface area contributed by atoms with Gasteiger partial charge in [-0.1, -0.05) is 73.7 Å². The Labute approximate surface area is 242 Å². The van der Waals surface area contributed by atoms with Gasteiger partial charge in [-0.25, -0.2) is 4.79 Å². The molecule has 2 atom stereocenters. The Balaban J connectivity index is 1.50. The van der Waals surface area contributed by atoms with Crippen LogP contribution in [0.3, 0.4) is 0 Å². The fourth-order valence-corrected chi connectivity index (χ4v) is 5.78. The van der Waals surface area contributed by atoms with E-state index in [2.05, 4.69) is 17.4 Å². The van der Waals surface area contributed by atoms with E-state index in [-0.39, 0.29) is 18.3 Å². The molecule has 1 N–H and O–H groups in total. The van der Waals surface area contributed by atoms with Crippen LogP contribution in [0.15, 0.2) is 101 Å². The minimum Gasteiger partial charge on any atom is -0.493 e. The Morgan fingerprint density at radius 3 is 2.34 bits per heavy atom. The van der Waals surface area contributed by atoms with Gasteiger partial charge in [-0.15, -0.1) is 0 Å². The third-order valence-corrected chi connectivity index (χ3v) is 7.77. The molecule has 1 aliphatic heterocycles. The highest BCUT2D eigenvalue weighted by molar-refractivity contribution is 6.04. The summed E-state index contributed by atoms with van der Waals surface area (Å²) in [6.45, 7) is 4.74. The van der Waals surface area contributed by atoms with Gasteiger partial charge in [0.15, 0.2) is 17.3 Å². The maximum atomic E-state index is 13.9. The standard InChI is InChI=1S/C35H37NO5/c1-4-18-40-30-16-15-26(22-31(30)39-3)33-32(35(38)41-19-17-24-11-7-5-8-12-24)23(2)36-28-20-27(21-29(37)34(28)33)25-13-9-6-10-14-25/h5-16,22,27,33,36H,4,17-21H2,1-3H3/t27-,33+/m1/s1. The Morgan fingerprint density at radius 2 is 1.63 bits per heavy atom. The normalized spacial score (nSPS) is 18.5. The van der Waals surface area contributed by atoms with E-state index in [1.54, 1.807) is 7.11 Å². The quantitative estimate of drug-likeness (QED) is 0.285. The number of nitrogens with one attached hydrogen (secondary N) is 1. The van der Waals surface area contributed by atoms with Crippen molar-refractivity contribution in [3.63, 3.8) is 0 Å². The van der Waals surface area contributed by atoms with E-state index < -0.39 is 11.9 Å². The number of Topliss-reactive ketones (excluding diaryl/α,β-unsaturated/α-hetero) is 1. The number of rotatable bonds is 10. The second-order valence-corrected chi connectivity index (χ2v) is 10.6. The van der Waals surface area contributed by atoms with E-state index in [9.17, 15) is 9.59 Å². The molecular formula is C35H37NO5. The van der Waals surface area contributed by atoms with Crippen molar-refractivity contribution in [3.8, 4) is 11.5 Å². The van der Waals surface area contributed by atoms with Crippen LogP contribution < -0.4 is 14.8 Å². The maximum Gasteiger partial charge on any atom is 0.336 e. The van der Waals surface area contributed by atoms with Gasteiger partial charge in [-0.05, 0) is 54.5 Å². The van der Waals surface area contributed by atoms with Crippen molar-refractivity contribution in [2.24, 2.45) is 0 Å². The van der Waals surface area contributed by atoms with Gasteiger partial charge >= 0.3 is 5.97 Å². The number of ketones is 1. The van der Waals surface area contributed by atoms with Gasteiger partial charge in [0.05, 0.1) is 25.9 Å². The van der Waals surface area contributed by atoms with E-state index in [1.807, 2.05) is 80.6 Å². The smallest absolute Gasteiger partial charge is 0.336 e. The van der Waals surface area contributed by atoms with E-state index >= 15 is 0 Å². The number of benzene rings is 3. The highest BCUT2D eigenvalue weighted by Crippen LogP contribution is 2.47. The maximum absolute atomic E-state index is 13.9. The van der Waals surface area contributed by atoms with Crippen molar-refractivity contribution in [1.29, 1.82) is 0 Å². The second-order valence-electron chi connectivity index (χ2n) is 10.6. The Morgan fingerprint density at radius 1 is 0.902 bits per heavy atom. The molecule has 0 bridgehead atoms. The van der Waals surface area contributed by atoms with Crippen molar-refractivity contribution >= 4 is 11.8 Å². The third kappa shape index (κ3) is 6.22. The molecule has 212 valence electrons. The number of methoxy groups -OCH3 is 1. The first-order valence-electron chi connectivity index (χ1n) is 14.3. The SMILES string of the molecule is CCCOc1ccc([C@H]2C(C(=O)OCCc3ccccc3)=C(C)NC3=C2C(=O)C[C@H](c2ccccc2)C3)cc1OC. The molecule has 6 nitrogen and oxygen atoms in total. The number of carbonyl (C=O) groups excluding carboxylic acids is 2. The molecule has 0 radical (unpaired) electrons. The van der Waals surface area contributed by atoms with Gasteiger partial charge in [0.25, 0.3) is 0 Å². The van der Waals surface area contributed by atoms with Crippen LogP contribution in [0.5, 0.6) is 11.5 Å². The lowest BCUT2D eigenvalue weighted by molar-refractivity contribution is -0.139. The van der Waals surface area contributed by atoms with Crippen molar-refractivity contribution in [1.82, 2.24) is 5.32 Å². The van der Waals surface area contributed by atoms with Crippen LogP contribution in [0.1, 0.15) is 61.6 Å². The zero-order valence-electron chi connectivity index (χ0n) is 23.9. The summed E-state index contributed by atoms with van der Waals surface area (Å²) in [5.74, 6) is 0.302. The minimum atomic E-state index is -0.575. The average molecular weight is 552 g/mol.